The molecule has 0 radical (unpaired) electrons. The lowest BCUT2D eigenvalue weighted by atomic mass is 9.54. The summed E-state index contributed by atoms with van der Waals surface area (Å²) in [6.45, 7) is 1.97. The maximum Gasteiger partial charge on any atom is 0.238 e. The number of carbonyl (C=O) groups is 2. The summed E-state index contributed by atoms with van der Waals surface area (Å²) in [5, 5.41) is 0. The summed E-state index contributed by atoms with van der Waals surface area (Å²) < 4.78 is 21.4. The SMILES string of the molecule is CC1=C[C@H]2[C@H]3C(=O)N(c4ccccc4)C(=O)[C@H]3[C@@H]1[P@@]2(=O)OC12CC3CC(CC(C3)C1)C2. The molecule has 2 amide bonds. The molecule has 3 heterocycles. The van der Waals surface area contributed by atoms with Crippen LogP contribution in [0.4, 0.5) is 5.69 Å². The van der Waals surface area contributed by atoms with Crippen molar-refractivity contribution in [1.29, 1.82) is 0 Å². The van der Waals surface area contributed by atoms with Crippen LogP contribution in [0.2, 0.25) is 0 Å². The van der Waals surface area contributed by atoms with E-state index in [1.54, 1.807) is 12.1 Å². The summed E-state index contributed by atoms with van der Waals surface area (Å²) in [5.41, 5.74) is 0.431. The summed E-state index contributed by atoms with van der Waals surface area (Å²) >= 11 is 0. The van der Waals surface area contributed by atoms with Gasteiger partial charge in [-0.05, 0) is 75.3 Å². The summed E-state index contributed by atoms with van der Waals surface area (Å²) in [7, 11) is -3.18. The van der Waals surface area contributed by atoms with E-state index in [2.05, 4.69) is 0 Å². The Balaban J connectivity index is 1.25. The highest BCUT2D eigenvalue weighted by atomic mass is 31.2. The highest BCUT2D eigenvalue weighted by Crippen LogP contribution is 2.78. The van der Waals surface area contributed by atoms with Gasteiger partial charge in [-0.2, -0.15) is 0 Å². The van der Waals surface area contributed by atoms with Crippen molar-refractivity contribution in [2.75, 3.05) is 4.90 Å². The van der Waals surface area contributed by atoms with Crippen molar-refractivity contribution < 1.29 is 18.7 Å². The van der Waals surface area contributed by atoms with Gasteiger partial charge < -0.3 is 4.52 Å². The maximum atomic E-state index is 14.6. The lowest BCUT2D eigenvalue weighted by Gasteiger charge is -2.57. The number of anilines is 1. The van der Waals surface area contributed by atoms with E-state index in [1.165, 1.54) is 24.2 Å². The second kappa shape index (κ2) is 5.99. The molecule has 7 aliphatic rings. The molecule has 5 atom stereocenters. The molecule has 31 heavy (non-hydrogen) atoms. The van der Waals surface area contributed by atoms with E-state index < -0.39 is 30.5 Å². The number of imide groups is 1. The Morgan fingerprint density at radius 1 is 0.935 bits per heavy atom. The molecule has 1 aromatic carbocycles. The zero-order valence-corrected chi connectivity index (χ0v) is 18.7. The number of benzene rings is 1. The quantitative estimate of drug-likeness (QED) is 0.388. The first-order chi connectivity index (χ1) is 14.9. The molecule has 6 bridgehead atoms. The van der Waals surface area contributed by atoms with Gasteiger partial charge in [0.25, 0.3) is 0 Å². The molecule has 0 N–H and O–H groups in total. The van der Waals surface area contributed by atoms with Gasteiger partial charge in [0.05, 0.1) is 34.4 Å². The van der Waals surface area contributed by atoms with E-state index >= 15 is 0 Å². The fourth-order valence-electron chi connectivity index (χ4n) is 8.57. The second-order valence-corrected chi connectivity index (χ2v) is 13.7. The van der Waals surface area contributed by atoms with Crippen molar-refractivity contribution in [2.45, 2.75) is 62.4 Å². The highest BCUT2D eigenvalue weighted by Gasteiger charge is 2.72. The van der Waals surface area contributed by atoms with Crippen LogP contribution in [0.25, 0.3) is 0 Å². The molecule has 8 rings (SSSR count). The van der Waals surface area contributed by atoms with Gasteiger partial charge in [0.2, 0.25) is 19.2 Å². The molecule has 3 aliphatic heterocycles. The Morgan fingerprint density at radius 2 is 1.52 bits per heavy atom. The molecule has 162 valence electrons. The molecule has 5 nitrogen and oxygen atoms in total. The Bertz CT molecular complexity index is 1040. The van der Waals surface area contributed by atoms with Crippen LogP contribution in [0.1, 0.15) is 45.4 Å². The number of fused-ring (bicyclic) bond motifs is 5. The third-order valence-corrected chi connectivity index (χ3v) is 12.6. The van der Waals surface area contributed by atoms with Gasteiger partial charge in [-0.25, -0.2) is 4.90 Å². The molecule has 0 aromatic heterocycles. The van der Waals surface area contributed by atoms with Crippen LogP contribution in [0, 0.1) is 29.6 Å². The van der Waals surface area contributed by atoms with Crippen molar-refractivity contribution >= 4 is 24.9 Å². The van der Waals surface area contributed by atoms with E-state index in [1.807, 2.05) is 31.2 Å². The van der Waals surface area contributed by atoms with Gasteiger partial charge in [0, 0.05) is 0 Å². The van der Waals surface area contributed by atoms with Crippen molar-refractivity contribution in [3.05, 3.63) is 42.0 Å². The summed E-state index contributed by atoms with van der Waals surface area (Å²) in [6, 6.07) is 9.14. The van der Waals surface area contributed by atoms with Crippen LogP contribution >= 0.6 is 7.37 Å². The lowest BCUT2D eigenvalue weighted by molar-refractivity contribution is -0.123. The predicted molar refractivity (Wildman–Crippen MR) is 117 cm³/mol. The van der Waals surface area contributed by atoms with Crippen molar-refractivity contribution in [3.8, 4) is 0 Å². The molecule has 0 spiro atoms. The number of hydrogen-bond acceptors (Lipinski definition) is 4. The third-order valence-electron chi connectivity index (χ3n) is 9.14. The minimum Gasteiger partial charge on any atom is -0.321 e. The van der Waals surface area contributed by atoms with E-state index in [-0.39, 0.29) is 17.4 Å². The number of rotatable bonds is 3. The minimum atomic E-state index is -3.18. The first kappa shape index (κ1) is 18.8. The molecule has 6 heteroatoms. The second-order valence-electron chi connectivity index (χ2n) is 11.1. The standard InChI is InChI=1S/C25H28NO4P/c1-14-7-19-20-21(24(28)26(23(20)27)18-5-3-2-4-6-18)22(14)31(19,29)30-25-11-15-8-16(12-25)10-17(9-15)13-25/h2-7,15-17,19-22H,8-13H2,1H3/t15?,16?,17?,19-,20+,21+,22+,25?,31-/m0/s1. The van der Waals surface area contributed by atoms with Crippen molar-refractivity contribution in [2.24, 2.45) is 29.6 Å². The van der Waals surface area contributed by atoms with Gasteiger partial charge in [-0.15, -0.1) is 0 Å². The molecule has 4 aliphatic carbocycles. The molecule has 6 fully saturated rings. The van der Waals surface area contributed by atoms with Crippen LogP contribution in [0.3, 0.4) is 0 Å². The Hall–Kier alpha value is -1.71. The average molecular weight is 437 g/mol. The first-order valence-electron chi connectivity index (χ1n) is 11.8. The Morgan fingerprint density at radius 3 is 2.13 bits per heavy atom. The molecule has 4 saturated carbocycles. The molecule has 2 saturated heterocycles. The van der Waals surface area contributed by atoms with Crippen LogP contribution in [-0.2, 0) is 18.7 Å². The average Bonchev–Trinajstić information content (AvgIpc) is 3.21. The summed E-state index contributed by atoms with van der Waals surface area (Å²) in [5.74, 6) is 0.612. The number of para-hydroxylation sites is 1. The topological polar surface area (TPSA) is 63.7 Å². The fraction of sp³-hybridized carbons (Fsp3) is 0.600. The molecular formula is C25H28NO4P. The van der Waals surface area contributed by atoms with Gasteiger partial charge in [-0.3, -0.25) is 14.2 Å². The maximum absolute atomic E-state index is 14.6. The van der Waals surface area contributed by atoms with E-state index in [0.717, 1.165) is 24.8 Å². The zero-order valence-electron chi connectivity index (χ0n) is 17.8. The predicted octanol–water partition coefficient (Wildman–Crippen LogP) is 4.77. The highest BCUT2D eigenvalue weighted by molar-refractivity contribution is 7.62. The van der Waals surface area contributed by atoms with Gasteiger partial charge >= 0.3 is 0 Å². The van der Waals surface area contributed by atoms with Gasteiger partial charge in [0.15, 0.2) is 0 Å². The smallest absolute Gasteiger partial charge is 0.238 e. The fourth-order valence-corrected chi connectivity index (χ4v) is 12.6. The first-order valence-corrected chi connectivity index (χ1v) is 13.6. The van der Waals surface area contributed by atoms with Crippen LogP contribution in [0.5, 0.6) is 0 Å². The molecule has 1 aromatic rings. The van der Waals surface area contributed by atoms with Gasteiger partial charge in [-0.1, -0.05) is 29.8 Å². The normalized spacial score (nSPS) is 49.1. The minimum absolute atomic E-state index is 0.199. The van der Waals surface area contributed by atoms with E-state index in [9.17, 15) is 14.2 Å². The largest absolute Gasteiger partial charge is 0.321 e. The van der Waals surface area contributed by atoms with Crippen molar-refractivity contribution in [3.63, 3.8) is 0 Å². The van der Waals surface area contributed by atoms with Crippen molar-refractivity contribution in [1.82, 2.24) is 0 Å². The Labute approximate surface area is 182 Å². The third kappa shape index (κ3) is 2.35. The number of amides is 2. The summed E-state index contributed by atoms with van der Waals surface area (Å²) in [6.07, 6.45) is 8.92. The van der Waals surface area contributed by atoms with Crippen LogP contribution in [-0.4, -0.2) is 28.7 Å². The van der Waals surface area contributed by atoms with Crippen LogP contribution in [0.15, 0.2) is 42.0 Å². The number of hydrogen-bond donors (Lipinski definition) is 0. The van der Waals surface area contributed by atoms with Crippen LogP contribution < -0.4 is 4.90 Å². The monoisotopic (exact) mass is 437 g/mol. The lowest BCUT2D eigenvalue weighted by Crippen LogP contribution is -2.52. The molecule has 0 unspecified atom stereocenters. The zero-order chi connectivity index (χ0) is 21.1. The summed E-state index contributed by atoms with van der Waals surface area (Å²) in [4.78, 5) is 28.3. The number of carbonyl (C=O) groups excluding carboxylic acids is 2. The Kier molecular flexibility index (Phi) is 3.64. The number of nitrogens with zero attached hydrogens (tertiary/aromatic N) is 1. The van der Waals surface area contributed by atoms with E-state index in [4.69, 9.17) is 4.52 Å². The van der Waals surface area contributed by atoms with E-state index in [0.29, 0.717) is 23.4 Å². The van der Waals surface area contributed by atoms with Gasteiger partial charge in [0.1, 0.15) is 0 Å². The number of allylic oxidation sites excluding steroid dienone is 2. The molecular weight excluding hydrogens is 409 g/mol.